The lowest BCUT2D eigenvalue weighted by molar-refractivity contribution is -0.112. The molecule has 0 saturated heterocycles. The van der Waals surface area contributed by atoms with Gasteiger partial charge in [0.25, 0.3) is 0 Å². The molecule has 0 aromatic rings. The second-order valence-electron chi connectivity index (χ2n) is 2.50. The van der Waals surface area contributed by atoms with E-state index in [9.17, 15) is 4.79 Å². The number of hydrogen-bond donors (Lipinski definition) is 0. The van der Waals surface area contributed by atoms with Crippen molar-refractivity contribution in [2.24, 2.45) is 5.92 Å². The van der Waals surface area contributed by atoms with Crippen LogP contribution in [0.15, 0.2) is 0 Å². The first-order chi connectivity index (χ1) is 4.43. The molecule has 1 rings (SSSR count). The van der Waals surface area contributed by atoms with E-state index in [1.165, 1.54) is 19.3 Å². The molecule has 2 nitrogen and oxygen atoms in total. The maximum Gasteiger partial charge on any atom is 0.145 e. The molecule has 2 heteroatoms. The molecule has 0 bridgehead atoms. The molecule has 1 saturated carbocycles. The summed E-state index contributed by atoms with van der Waals surface area (Å²) in [5.41, 5.74) is 0. The highest BCUT2D eigenvalue weighted by Crippen LogP contribution is 2.25. The Morgan fingerprint density at radius 2 is 2.33 bits per heavy atom. The Labute approximate surface area is 55.2 Å². The zero-order chi connectivity index (χ0) is 6.53. The zero-order valence-electron chi connectivity index (χ0n) is 5.51. The Morgan fingerprint density at radius 3 is 2.78 bits per heavy atom. The molecule has 9 heavy (non-hydrogen) atoms. The van der Waals surface area contributed by atoms with Crippen molar-refractivity contribution in [3.05, 3.63) is 0 Å². The Balaban J connectivity index is 1.85. The van der Waals surface area contributed by atoms with E-state index in [0.717, 1.165) is 18.8 Å². The van der Waals surface area contributed by atoms with Gasteiger partial charge in [0.15, 0.2) is 0 Å². The second-order valence-corrected chi connectivity index (χ2v) is 2.50. The van der Waals surface area contributed by atoms with Crippen molar-refractivity contribution in [1.82, 2.24) is 0 Å². The first kappa shape index (κ1) is 6.75. The van der Waals surface area contributed by atoms with E-state index in [4.69, 9.17) is 4.74 Å². The molecule has 52 valence electrons. The van der Waals surface area contributed by atoms with Crippen LogP contribution in [0.5, 0.6) is 0 Å². The van der Waals surface area contributed by atoms with Gasteiger partial charge in [0.05, 0.1) is 0 Å². The van der Waals surface area contributed by atoms with Crippen LogP contribution in [-0.4, -0.2) is 19.5 Å². The first-order valence-electron chi connectivity index (χ1n) is 3.45. The predicted molar refractivity (Wildman–Crippen MR) is 34.2 cm³/mol. The molecular formula is C7H12O2. The number of carbonyl (C=O) groups excluding carboxylic acids is 1. The number of hydrogen-bond acceptors (Lipinski definition) is 2. The molecule has 1 fully saturated rings. The molecule has 0 N–H and O–H groups in total. The van der Waals surface area contributed by atoms with Crippen molar-refractivity contribution in [2.75, 3.05) is 13.2 Å². The van der Waals surface area contributed by atoms with E-state index in [1.807, 2.05) is 0 Å². The Bertz CT molecular complexity index is 86.9. The molecule has 0 unspecified atom stereocenters. The van der Waals surface area contributed by atoms with E-state index in [2.05, 4.69) is 0 Å². The predicted octanol–water partition coefficient (Wildman–Crippen LogP) is 1.00. The fraction of sp³-hybridized carbons (Fsp3) is 0.857. The first-order valence-corrected chi connectivity index (χ1v) is 3.45. The molecule has 0 aromatic carbocycles. The average molecular weight is 128 g/mol. The van der Waals surface area contributed by atoms with Crippen LogP contribution in [0, 0.1) is 5.92 Å². The van der Waals surface area contributed by atoms with Crippen molar-refractivity contribution >= 4 is 6.29 Å². The summed E-state index contributed by atoms with van der Waals surface area (Å²) in [6.45, 7) is 1.06. The number of rotatable bonds is 4. The van der Waals surface area contributed by atoms with Crippen LogP contribution in [-0.2, 0) is 9.53 Å². The third-order valence-corrected chi connectivity index (χ3v) is 1.76. The third-order valence-electron chi connectivity index (χ3n) is 1.76. The number of carbonyl (C=O) groups is 1. The van der Waals surface area contributed by atoms with E-state index < -0.39 is 0 Å². The van der Waals surface area contributed by atoms with Gasteiger partial charge in [-0.05, 0) is 18.8 Å². The van der Waals surface area contributed by atoms with Gasteiger partial charge in [-0.1, -0.05) is 6.42 Å². The van der Waals surface area contributed by atoms with E-state index in [0.29, 0.717) is 0 Å². The minimum Gasteiger partial charge on any atom is -0.374 e. The second kappa shape index (κ2) is 3.62. The van der Waals surface area contributed by atoms with Crippen molar-refractivity contribution in [1.29, 1.82) is 0 Å². The lowest BCUT2D eigenvalue weighted by Gasteiger charge is -2.24. The minimum absolute atomic E-state index is 0.274. The van der Waals surface area contributed by atoms with Gasteiger partial charge in [-0.2, -0.15) is 0 Å². The van der Waals surface area contributed by atoms with E-state index in [-0.39, 0.29) is 6.61 Å². The Morgan fingerprint density at radius 1 is 1.56 bits per heavy atom. The van der Waals surface area contributed by atoms with Gasteiger partial charge in [-0.15, -0.1) is 0 Å². The van der Waals surface area contributed by atoms with Crippen LogP contribution >= 0.6 is 0 Å². The van der Waals surface area contributed by atoms with Crippen molar-refractivity contribution in [2.45, 2.75) is 19.3 Å². The van der Waals surface area contributed by atoms with Crippen LogP contribution in [0.2, 0.25) is 0 Å². The van der Waals surface area contributed by atoms with Gasteiger partial charge in [-0.25, -0.2) is 0 Å². The van der Waals surface area contributed by atoms with Gasteiger partial charge < -0.3 is 9.53 Å². The zero-order valence-corrected chi connectivity index (χ0v) is 5.51. The van der Waals surface area contributed by atoms with Gasteiger partial charge in [0, 0.05) is 6.61 Å². The molecule has 0 spiro atoms. The summed E-state index contributed by atoms with van der Waals surface area (Å²) in [6.07, 6.45) is 4.73. The monoisotopic (exact) mass is 128 g/mol. The summed E-state index contributed by atoms with van der Waals surface area (Å²) in [5, 5.41) is 0. The van der Waals surface area contributed by atoms with Crippen LogP contribution in [0.25, 0.3) is 0 Å². The van der Waals surface area contributed by atoms with Crippen LogP contribution in [0.3, 0.4) is 0 Å². The Hall–Kier alpha value is -0.370. The molecule has 0 aromatic heterocycles. The average Bonchev–Trinajstić information content (AvgIpc) is 1.76. The Kier molecular flexibility index (Phi) is 2.71. The van der Waals surface area contributed by atoms with Gasteiger partial charge >= 0.3 is 0 Å². The SMILES string of the molecule is O=CCOCC1CCC1. The van der Waals surface area contributed by atoms with Crippen LogP contribution in [0.1, 0.15) is 19.3 Å². The highest BCUT2D eigenvalue weighted by atomic mass is 16.5. The summed E-state index contributed by atoms with van der Waals surface area (Å²) >= 11 is 0. The van der Waals surface area contributed by atoms with Crippen LogP contribution < -0.4 is 0 Å². The summed E-state index contributed by atoms with van der Waals surface area (Å²) in [5.74, 6) is 0.755. The maximum absolute atomic E-state index is 9.77. The fourth-order valence-corrected chi connectivity index (χ4v) is 0.942. The van der Waals surface area contributed by atoms with E-state index in [1.54, 1.807) is 0 Å². The topological polar surface area (TPSA) is 26.3 Å². The summed E-state index contributed by atoms with van der Waals surface area (Å²) in [6, 6.07) is 0. The lowest BCUT2D eigenvalue weighted by atomic mass is 9.86. The standard InChI is InChI=1S/C7H12O2/c8-4-5-9-6-7-2-1-3-7/h4,7H,1-3,5-6H2. The van der Waals surface area contributed by atoms with Crippen molar-refractivity contribution in [3.8, 4) is 0 Å². The van der Waals surface area contributed by atoms with Crippen molar-refractivity contribution < 1.29 is 9.53 Å². The highest BCUT2D eigenvalue weighted by molar-refractivity contribution is 5.50. The summed E-state index contributed by atoms with van der Waals surface area (Å²) < 4.78 is 5.02. The van der Waals surface area contributed by atoms with Gasteiger partial charge in [0.2, 0.25) is 0 Å². The van der Waals surface area contributed by atoms with Crippen LogP contribution in [0.4, 0.5) is 0 Å². The fourth-order valence-electron chi connectivity index (χ4n) is 0.942. The van der Waals surface area contributed by atoms with Gasteiger partial charge in [0.1, 0.15) is 12.9 Å². The van der Waals surface area contributed by atoms with Gasteiger partial charge in [-0.3, -0.25) is 0 Å². The molecule has 0 amide bonds. The molecule has 1 aliphatic rings. The highest BCUT2D eigenvalue weighted by Gasteiger charge is 2.16. The third kappa shape index (κ3) is 2.14. The number of aldehydes is 1. The summed E-state index contributed by atoms with van der Waals surface area (Å²) in [7, 11) is 0. The normalized spacial score (nSPS) is 19.1. The molecule has 1 aliphatic carbocycles. The smallest absolute Gasteiger partial charge is 0.145 e. The largest absolute Gasteiger partial charge is 0.374 e. The van der Waals surface area contributed by atoms with E-state index >= 15 is 0 Å². The lowest BCUT2D eigenvalue weighted by Crippen LogP contribution is -2.17. The molecule has 0 aliphatic heterocycles. The molecular weight excluding hydrogens is 116 g/mol. The quantitative estimate of drug-likeness (QED) is 0.417. The molecule has 0 heterocycles. The number of ether oxygens (including phenoxy) is 1. The molecule has 0 radical (unpaired) electrons. The van der Waals surface area contributed by atoms with Crippen molar-refractivity contribution in [3.63, 3.8) is 0 Å². The summed E-state index contributed by atoms with van der Waals surface area (Å²) in [4.78, 5) is 9.77. The minimum atomic E-state index is 0.274. The molecule has 0 atom stereocenters. The maximum atomic E-state index is 9.77.